The van der Waals surface area contributed by atoms with E-state index in [9.17, 15) is 9.90 Å². The summed E-state index contributed by atoms with van der Waals surface area (Å²) in [5.41, 5.74) is 0. The van der Waals surface area contributed by atoms with Crippen molar-refractivity contribution in [3.05, 3.63) is 12.2 Å². The summed E-state index contributed by atoms with van der Waals surface area (Å²) < 4.78 is 11.0. The highest BCUT2D eigenvalue weighted by molar-refractivity contribution is 5.69. The van der Waals surface area contributed by atoms with Gasteiger partial charge in [-0.2, -0.15) is 0 Å². The van der Waals surface area contributed by atoms with Crippen molar-refractivity contribution in [2.24, 2.45) is 0 Å². The highest BCUT2D eigenvalue weighted by Gasteiger charge is 2.13. The molecule has 4 nitrogen and oxygen atoms in total. The standard InChI is InChI=1S/C33H64O4/c1-3-5-7-9-11-13-15-16-17-18-19-20-22-24-26-28-33(35)37-32(30-34)31-36-29-27-25-23-21-14-12-10-8-6-4-2/h16-17,32,34H,3-15,18-31H2,1-2H3/b17-16-. The van der Waals surface area contributed by atoms with E-state index in [2.05, 4.69) is 26.0 Å². The number of hydrogen-bond donors (Lipinski definition) is 1. The zero-order valence-electron chi connectivity index (χ0n) is 25.0. The SMILES string of the molecule is CCCCCCCC/C=C\CCCCCCCC(=O)OC(CO)COCCCCCCCCCCCC. The third kappa shape index (κ3) is 29.5. The van der Waals surface area contributed by atoms with Crippen molar-refractivity contribution in [1.82, 2.24) is 0 Å². The van der Waals surface area contributed by atoms with Gasteiger partial charge >= 0.3 is 5.97 Å². The maximum Gasteiger partial charge on any atom is 0.306 e. The lowest BCUT2D eigenvalue weighted by Crippen LogP contribution is -2.27. The van der Waals surface area contributed by atoms with Crippen LogP contribution in [0.25, 0.3) is 0 Å². The van der Waals surface area contributed by atoms with E-state index in [1.54, 1.807) is 0 Å². The lowest BCUT2D eigenvalue weighted by atomic mass is 10.1. The van der Waals surface area contributed by atoms with Crippen molar-refractivity contribution < 1.29 is 19.4 Å². The molecule has 0 saturated carbocycles. The molecule has 0 saturated heterocycles. The number of ether oxygens (including phenoxy) is 2. The van der Waals surface area contributed by atoms with Gasteiger partial charge in [-0.15, -0.1) is 0 Å². The molecule has 0 spiro atoms. The van der Waals surface area contributed by atoms with Gasteiger partial charge in [0.05, 0.1) is 13.2 Å². The van der Waals surface area contributed by atoms with Gasteiger partial charge in [0.25, 0.3) is 0 Å². The summed E-state index contributed by atoms with van der Waals surface area (Å²) >= 11 is 0. The highest BCUT2D eigenvalue weighted by Crippen LogP contribution is 2.12. The molecule has 1 atom stereocenters. The quantitative estimate of drug-likeness (QED) is 0.0577. The molecule has 37 heavy (non-hydrogen) atoms. The highest BCUT2D eigenvalue weighted by atomic mass is 16.6. The van der Waals surface area contributed by atoms with Gasteiger partial charge in [0.2, 0.25) is 0 Å². The first kappa shape index (κ1) is 36.1. The van der Waals surface area contributed by atoms with Crippen molar-refractivity contribution in [1.29, 1.82) is 0 Å². The van der Waals surface area contributed by atoms with E-state index in [1.165, 1.54) is 128 Å². The minimum atomic E-state index is -0.529. The Hall–Kier alpha value is -0.870. The number of aliphatic hydroxyl groups is 1. The predicted molar refractivity (Wildman–Crippen MR) is 159 cm³/mol. The van der Waals surface area contributed by atoms with Crippen LogP contribution in [0.15, 0.2) is 12.2 Å². The molecule has 0 rings (SSSR count). The maximum absolute atomic E-state index is 12.1. The minimum Gasteiger partial charge on any atom is -0.457 e. The summed E-state index contributed by atoms with van der Waals surface area (Å²) in [5.74, 6) is -0.209. The first-order valence-electron chi connectivity index (χ1n) is 16.3. The molecule has 0 bridgehead atoms. The average molecular weight is 525 g/mol. The fourth-order valence-corrected chi connectivity index (χ4v) is 4.62. The number of esters is 1. The Kier molecular flexibility index (Phi) is 30.6. The number of allylic oxidation sites excluding steroid dienone is 2. The molecule has 1 N–H and O–H groups in total. The largest absolute Gasteiger partial charge is 0.457 e. The van der Waals surface area contributed by atoms with E-state index in [-0.39, 0.29) is 12.6 Å². The van der Waals surface area contributed by atoms with Crippen LogP contribution < -0.4 is 0 Å². The van der Waals surface area contributed by atoms with Crippen molar-refractivity contribution in [2.75, 3.05) is 19.8 Å². The normalized spacial score (nSPS) is 12.4. The van der Waals surface area contributed by atoms with Crippen LogP contribution in [0.1, 0.15) is 168 Å². The van der Waals surface area contributed by atoms with Crippen LogP contribution in [0.4, 0.5) is 0 Å². The third-order valence-electron chi connectivity index (χ3n) is 7.09. The molecule has 0 aromatic carbocycles. The van der Waals surface area contributed by atoms with Gasteiger partial charge in [-0.3, -0.25) is 4.79 Å². The molecule has 0 aliphatic carbocycles. The van der Waals surface area contributed by atoms with E-state index < -0.39 is 6.10 Å². The van der Waals surface area contributed by atoms with E-state index in [4.69, 9.17) is 9.47 Å². The number of unbranched alkanes of at least 4 members (excludes halogenated alkanes) is 20. The summed E-state index contributed by atoms with van der Waals surface area (Å²) in [6.45, 7) is 5.33. The summed E-state index contributed by atoms with van der Waals surface area (Å²) in [6, 6.07) is 0. The van der Waals surface area contributed by atoms with Crippen LogP contribution in [0.2, 0.25) is 0 Å². The van der Waals surface area contributed by atoms with E-state index in [0.29, 0.717) is 19.6 Å². The lowest BCUT2D eigenvalue weighted by Gasteiger charge is -2.15. The molecule has 0 fully saturated rings. The average Bonchev–Trinajstić information content (AvgIpc) is 2.90. The third-order valence-corrected chi connectivity index (χ3v) is 7.09. The Balaban J connectivity index is 3.45. The Labute approximate surface area is 231 Å². The molecular weight excluding hydrogens is 460 g/mol. The summed E-state index contributed by atoms with van der Waals surface area (Å²) in [5, 5.41) is 9.49. The fourth-order valence-electron chi connectivity index (χ4n) is 4.62. The predicted octanol–water partition coefficient (Wildman–Crippen LogP) is 9.87. The van der Waals surface area contributed by atoms with Crippen molar-refractivity contribution in [3.8, 4) is 0 Å². The number of hydrogen-bond acceptors (Lipinski definition) is 4. The molecule has 0 aromatic rings. The van der Waals surface area contributed by atoms with Gasteiger partial charge in [0.1, 0.15) is 6.10 Å². The Morgan fingerprint density at radius 3 is 1.54 bits per heavy atom. The second-order valence-electron chi connectivity index (χ2n) is 10.9. The second kappa shape index (κ2) is 31.3. The molecule has 0 aromatic heterocycles. The van der Waals surface area contributed by atoms with E-state index in [0.717, 1.165) is 19.3 Å². The van der Waals surface area contributed by atoms with Crippen LogP contribution in [-0.4, -0.2) is 37.0 Å². The minimum absolute atomic E-state index is 0.170. The van der Waals surface area contributed by atoms with Gasteiger partial charge in [-0.05, 0) is 38.5 Å². The summed E-state index contributed by atoms with van der Waals surface area (Å²) in [4.78, 5) is 12.1. The smallest absolute Gasteiger partial charge is 0.306 e. The van der Waals surface area contributed by atoms with Crippen molar-refractivity contribution >= 4 is 5.97 Å². The zero-order valence-corrected chi connectivity index (χ0v) is 25.0. The van der Waals surface area contributed by atoms with Crippen molar-refractivity contribution in [3.63, 3.8) is 0 Å². The number of carbonyl (C=O) groups is 1. The van der Waals surface area contributed by atoms with Gasteiger partial charge < -0.3 is 14.6 Å². The topological polar surface area (TPSA) is 55.8 Å². The Morgan fingerprint density at radius 2 is 1.05 bits per heavy atom. The summed E-state index contributed by atoms with van der Waals surface area (Å²) in [7, 11) is 0. The van der Waals surface area contributed by atoms with Crippen LogP contribution >= 0.6 is 0 Å². The molecule has 0 aliphatic rings. The van der Waals surface area contributed by atoms with Gasteiger partial charge in [0.15, 0.2) is 0 Å². The molecule has 0 radical (unpaired) electrons. The monoisotopic (exact) mass is 524 g/mol. The molecular formula is C33H64O4. The van der Waals surface area contributed by atoms with Gasteiger partial charge in [-0.25, -0.2) is 0 Å². The van der Waals surface area contributed by atoms with Crippen LogP contribution in [0.5, 0.6) is 0 Å². The summed E-state index contributed by atoms with van der Waals surface area (Å²) in [6.07, 6.45) is 33.8. The fraction of sp³-hybridized carbons (Fsp3) is 0.909. The number of aliphatic hydroxyl groups excluding tert-OH is 1. The van der Waals surface area contributed by atoms with Gasteiger partial charge in [0, 0.05) is 13.0 Å². The first-order valence-corrected chi connectivity index (χ1v) is 16.3. The molecule has 220 valence electrons. The number of carbonyl (C=O) groups excluding carboxylic acids is 1. The van der Waals surface area contributed by atoms with Gasteiger partial charge in [-0.1, -0.05) is 135 Å². The Bertz CT molecular complexity index is 477. The first-order chi connectivity index (χ1) is 18.2. The lowest BCUT2D eigenvalue weighted by molar-refractivity contribution is -0.154. The molecule has 0 aliphatic heterocycles. The molecule has 0 heterocycles. The zero-order chi connectivity index (χ0) is 27.1. The maximum atomic E-state index is 12.1. The molecule has 0 amide bonds. The molecule has 1 unspecified atom stereocenters. The van der Waals surface area contributed by atoms with Crippen LogP contribution in [-0.2, 0) is 14.3 Å². The van der Waals surface area contributed by atoms with Crippen LogP contribution in [0.3, 0.4) is 0 Å². The van der Waals surface area contributed by atoms with Crippen LogP contribution in [0, 0.1) is 0 Å². The van der Waals surface area contributed by atoms with Crippen molar-refractivity contribution in [2.45, 2.75) is 174 Å². The Morgan fingerprint density at radius 1 is 0.622 bits per heavy atom. The second-order valence-corrected chi connectivity index (χ2v) is 10.9. The van der Waals surface area contributed by atoms with E-state index >= 15 is 0 Å². The molecule has 4 heteroatoms. The number of rotatable bonds is 30. The van der Waals surface area contributed by atoms with E-state index in [1.807, 2.05) is 0 Å².